The van der Waals surface area contributed by atoms with Gasteiger partial charge in [0, 0.05) is 22.1 Å². The van der Waals surface area contributed by atoms with Crippen molar-refractivity contribution in [3.63, 3.8) is 0 Å². The highest BCUT2D eigenvalue weighted by molar-refractivity contribution is 9.10. The summed E-state index contributed by atoms with van der Waals surface area (Å²) in [5, 5.41) is 3.55. The van der Waals surface area contributed by atoms with Crippen molar-refractivity contribution in [3.8, 4) is 0 Å². The molecule has 1 N–H and O–H groups in total. The average Bonchev–Trinajstić information content (AvgIpc) is 2.40. The minimum Gasteiger partial charge on any atom is -0.314 e. The molecule has 0 amide bonds. The number of rotatable bonds is 4. The Bertz CT molecular complexity index is 417. The molecule has 0 saturated carbocycles. The SMILES string of the molecule is CN(C)C(CC1CCCCN1)c1cc(Br)ccc1F. The molecule has 1 aliphatic heterocycles. The summed E-state index contributed by atoms with van der Waals surface area (Å²) in [6.07, 6.45) is 4.69. The van der Waals surface area contributed by atoms with Gasteiger partial charge in [-0.15, -0.1) is 0 Å². The van der Waals surface area contributed by atoms with Gasteiger partial charge in [0.1, 0.15) is 5.82 Å². The van der Waals surface area contributed by atoms with Gasteiger partial charge in [0.2, 0.25) is 0 Å². The lowest BCUT2D eigenvalue weighted by Crippen LogP contribution is -2.37. The number of piperidine rings is 1. The van der Waals surface area contributed by atoms with Gasteiger partial charge in [0.15, 0.2) is 0 Å². The lowest BCUT2D eigenvalue weighted by atomic mass is 9.93. The normalized spacial score (nSPS) is 21.6. The van der Waals surface area contributed by atoms with E-state index in [1.165, 1.54) is 19.3 Å². The number of benzene rings is 1. The van der Waals surface area contributed by atoms with Crippen molar-refractivity contribution < 1.29 is 4.39 Å². The highest BCUT2D eigenvalue weighted by Crippen LogP contribution is 2.30. The number of nitrogens with zero attached hydrogens (tertiary/aromatic N) is 1. The summed E-state index contributed by atoms with van der Waals surface area (Å²) in [6.45, 7) is 1.09. The van der Waals surface area contributed by atoms with Crippen molar-refractivity contribution in [2.45, 2.75) is 37.8 Å². The Morgan fingerprint density at radius 2 is 2.21 bits per heavy atom. The van der Waals surface area contributed by atoms with Gasteiger partial charge < -0.3 is 10.2 Å². The van der Waals surface area contributed by atoms with Gasteiger partial charge in [-0.25, -0.2) is 4.39 Å². The first-order chi connectivity index (χ1) is 9.08. The zero-order chi connectivity index (χ0) is 13.8. The van der Waals surface area contributed by atoms with Crippen LogP contribution in [0.5, 0.6) is 0 Å². The second-order valence-electron chi connectivity index (χ2n) is 5.53. The predicted octanol–water partition coefficient (Wildman–Crippen LogP) is 3.72. The van der Waals surface area contributed by atoms with Gasteiger partial charge in [-0.3, -0.25) is 0 Å². The van der Waals surface area contributed by atoms with Crippen molar-refractivity contribution >= 4 is 15.9 Å². The smallest absolute Gasteiger partial charge is 0.128 e. The molecule has 2 nitrogen and oxygen atoms in total. The van der Waals surface area contributed by atoms with Gasteiger partial charge in [0.05, 0.1) is 0 Å². The van der Waals surface area contributed by atoms with E-state index in [0.717, 1.165) is 23.0 Å². The van der Waals surface area contributed by atoms with Crippen molar-refractivity contribution in [2.75, 3.05) is 20.6 Å². The van der Waals surface area contributed by atoms with Gasteiger partial charge >= 0.3 is 0 Å². The Morgan fingerprint density at radius 3 is 2.84 bits per heavy atom. The first kappa shape index (κ1) is 14.9. The van der Waals surface area contributed by atoms with Crippen molar-refractivity contribution in [1.82, 2.24) is 10.2 Å². The summed E-state index contributed by atoms with van der Waals surface area (Å²) >= 11 is 3.44. The largest absolute Gasteiger partial charge is 0.314 e. The Morgan fingerprint density at radius 1 is 1.42 bits per heavy atom. The summed E-state index contributed by atoms with van der Waals surface area (Å²) in [7, 11) is 4.04. The summed E-state index contributed by atoms with van der Waals surface area (Å²) < 4.78 is 15.0. The minimum atomic E-state index is -0.113. The van der Waals surface area contributed by atoms with E-state index in [2.05, 4.69) is 26.1 Å². The third-order valence-electron chi connectivity index (χ3n) is 3.86. The molecule has 0 aromatic heterocycles. The number of hydrogen-bond acceptors (Lipinski definition) is 2. The topological polar surface area (TPSA) is 15.3 Å². The highest BCUT2D eigenvalue weighted by atomic mass is 79.9. The van der Waals surface area contributed by atoms with Crippen LogP contribution in [-0.4, -0.2) is 31.6 Å². The van der Waals surface area contributed by atoms with Crippen LogP contribution >= 0.6 is 15.9 Å². The fourth-order valence-corrected chi connectivity index (χ4v) is 3.16. The van der Waals surface area contributed by atoms with E-state index >= 15 is 0 Å². The summed E-state index contributed by atoms with van der Waals surface area (Å²) in [4.78, 5) is 2.11. The highest BCUT2D eigenvalue weighted by Gasteiger charge is 2.23. The van der Waals surface area contributed by atoms with Crippen LogP contribution in [0, 0.1) is 5.82 Å². The molecule has 0 aliphatic carbocycles. The van der Waals surface area contributed by atoms with Gasteiger partial charge in [-0.05, 0) is 58.1 Å². The molecule has 1 saturated heterocycles. The molecule has 0 bridgehead atoms. The van der Waals surface area contributed by atoms with E-state index in [0.29, 0.717) is 6.04 Å². The molecule has 4 heteroatoms. The van der Waals surface area contributed by atoms with Gasteiger partial charge in [-0.2, -0.15) is 0 Å². The van der Waals surface area contributed by atoms with E-state index in [4.69, 9.17) is 0 Å². The van der Waals surface area contributed by atoms with Gasteiger partial charge in [-0.1, -0.05) is 22.4 Å². The van der Waals surface area contributed by atoms with Crippen LogP contribution in [-0.2, 0) is 0 Å². The third-order valence-corrected chi connectivity index (χ3v) is 4.35. The first-order valence-corrected chi connectivity index (χ1v) is 7.72. The van der Waals surface area contributed by atoms with Crippen LogP contribution in [0.4, 0.5) is 4.39 Å². The van der Waals surface area contributed by atoms with Crippen LogP contribution in [0.1, 0.15) is 37.3 Å². The van der Waals surface area contributed by atoms with Crippen LogP contribution < -0.4 is 5.32 Å². The second kappa shape index (κ2) is 6.82. The number of halogens is 2. The maximum absolute atomic E-state index is 14.1. The Balaban J connectivity index is 2.16. The Labute approximate surface area is 123 Å². The minimum absolute atomic E-state index is 0.113. The molecule has 1 aromatic carbocycles. The second-order valence-corrected chi connectivity index (χ2v) is 6.44. The summed E-state index contributed by atoms with van der Waals surface area (Å²) in [5.41, 5.74) is 0.784. The molecule has 1 fully saturated rings. The van der Waals surface area contributed by atoms with Crippen molar-refractivity contribution in [2.24, 2.45) is 0 Å². The van der Waals surface area contributed by atoms with Crippen molar-refractivity contribution in [1.29, 1.82) is 0 Å². The van der Waals surface area contributed by atoms with Crippen LogP contribution in [0.15, 0.2) is 22.7 Å². The monoisotopic (exact) mass is 328 g/mol. The maximum atomic E-state index is 14.1. The molecule has 1 heterocycles. The van der Waals surface area contributed by atoms with Crippen LogP contribution in [0.3, 0.4) is 0 Å². The quantitative estimate of drug-likeness (QED) is 0.906. The maximum Gasteiger partial charge on any atom is 0.128 e. The van der Waals surface area contributed by atoms with Crippen LogP contribution in [0.25, 0.3) is 0 Å². The van der Waals surface area contributed by atoms with E-state index in [1.54, 1.807) is 12.1 Å². The predicted molar refractivity (Wildman–Crippen MR) is 80.8 cm³/mol. The average molecular weight is 329 g/mol. The molecule has 2 unspecified atom stereocenters. The fraction of sp³-hybridized carbons (Fsp3) is 0.600. The number of hydrogen-bond donors (Lipinski definition) is 1. The lowest BCUT2D eigenvalue weighted by Gasteiger charge is -2.32. The van der Waals surface area contributed by atoms with Crippen LogP contribution in [0.2, 0.25) is 0 Å². The molecule has 1 aromatic rings. The molecule has 2 atom stereocenters. The van der Waals surface area contributed by atoms with E-state index in [-0.39, 0.29) is 11.9 Å². The fourth-order valence-electron chi connectivity index (χ4n) is 2.78. The zero-order valence-electron chi connectivity index (χ0n) is 11.6. The van der Waals surface area contributed by atoms with E-state index < -0.39 is 0 Å². The Kier molecular flexibility index (Phi) is 5.37. The Hall–Kier alpha value is -0.450. The van der Waals surface area contributed by atoms with Crippen molar-refractivity contribution in [3.05, 3.63) is 34.1 Å². The molecule has 19 heavy (non-hydrogen) atoms. The number of nitrogens with one attached hydrogen (secondary N) is 1. The standard InChI is InChI=1S/C15H22BrFN2/c1-19(2)15(10-12-5-3-4-8-18-12)13-9-11(16)6-7-14(13)17/h6-7,9,12,15,18H,3-5,8,10H2,1-2H3. The van der Waals surface area contributed by atoms with E-state index in [9.17, 15) is 4.39 Å². The molecule has 2 rings (SSSR count). The summed E-state index contributed by atoms with van der Waals surface area (Å²) in [6, 6.07) is 5.82. The van der Waals surface area contributed by atoms with E-state index in [1.807, 2.05) is 20.2 Å². The first-order valence-electron chi connectivity index (χ1n) is 6.92. The molecule has 106 valence electrons. The lowest BCUT2D eigenvalue weighted by molar-refractivity contribution is 0.235. The van der Waals surface area contributed by atoms with Gasteiger partial charge in [0.25, 0.3) is 0 Å². The molecule has 0 spiro atoms. The summed E-state index contributed by atoms with van der Waals surface area (Å²) in [5.74, 6) is -0.113. The molecular formula is C15H22BrFN2. The zero-order valence-corrected chi connectivity index (χ0v) is 13.2. The molecular weight excluding hydrogens is 307 g/mol. The third kappa shape index (κ3) is 4.01. The molecule has 1 aliphatic rings. The molecule has 0 radical (unpaired) electrons.